The number of hydrogen-bond acceptors (Lipinski definition) is 4. The number of likely N-dealkylation sites (N-methyl/N-ethyl adjacent to an activating group) is 2. The molecule has 0 bridgehead atoms. The zero-order valence-corrected chi connectivity index (χ0v) is 11.6. The molecule has 0 N–H and O–H groups in total. The summed E-state index contributed by atoms with van der Waals surface area (Å²) in [5.74, 6) is 0.781. The van der Waals surface area contributed by atoms with Crippen LogP contribution < -0.4 is 9.64 Å². The van der Waals surface area contributed by atoms with Crippen LogP contribution in [0.3, 0.4) is 0 Å². The molecule has 1 rings (SSSR count). The van der Waals surface area contributed by atoms with Crippen molar-refractivity contribution < 1.29 is 9.53 Å². The Balaban J connectivity index is 2.55. The highest BCUT2D eigenvalue weighted by Gasteiger charge is 2.11. The van der Waals surface area contributed by atoms with Crippen LogP contribution in [0.1, 0.15) is 6.42 Å². The lowest BCUT2D eigenvalue weighted by Gasteiger charge is -2.22. The molecule has 0 aliphatic rings. The Hall–Kier alpha value is -2.22. The van der Waals surface area contributed by atoms with Gasteiger partial charge in [-0.25, -0.2) is 0 Å². The van der Waals surface area contributed by atoms with Crippen molar-refractivity contribution in [1.82, 2.24) is 4.90 Å². The fraction of sp³-hybridized carbons (Fsp3) is 0.429. The van der Waals surface area contributed by atoms with Crippen molar-refractivity contribution in [2.45, 2.75) is 6.42 Å². The molecule has 0 radical (unpaired) electrons. The van der Waals surface area contributed by atoms with E-state index in [-0.39, 0.29) is 12.5 Å². The zero-order valence-electron chi connectivity index (χ0n) is 11.6. The van der Waals surface area contributed by atoms with Gasteiger partial charge in [-0.3, -0.25) is 4.79 Å². The number of ether oxygens (including phenoxy) is 1. The highest BCUT2D eigenvalue weighted by molar-refractivity contribution is 5.81. The highest BCUT2D eigenvalue weighted by Crippen LogP contribution is 2.17. The first-order chi connectivity index (χ1) is 9.08. The monoisotopic (exact) mass is 261 g/mol. The maximum Gasteiger partial charge on any atom is 0.241 e. The van der Waals surface area contributed by atoms with Gasteiger partial charge in [0.05, 0.1) is 26.1 Å². The summed E-state index contributed by atoms with van der Waals surface area (Å²) < 4.78 is 5.09. The van der Waals surface area contributed by atoms with E-state index in [9.17, 15) is 4.79 Å². The first-order valence-electron chi connectivity index (χ1n) is 6.04. The van der Waals surface area contributed by atoms with Crippen molar-refractivity contribution >= 4 is 11.6 Å². The van der Waals surface area contributed by atoms with E-state index >= 15 is 0 Å². The summed E-state index contributed by atoms with van der Waals surface area (Å²) in [6.07, 6.45) is 0.356. The van der Waals surface area contributed by atoms with Crippen molar-refractivity contribution in [2.24, 2.45) is 0 Å². The number of carbonyl (C=O) groups excluding carboxylic acids is 1. The second-order valence-corrected chi connectivity index (χ2v) is 4.28. The van der Waals surface area contributed by atoms with Crippen molar-refractivity contribution in [3.05, 3.63) is 24.3 Å². The van der Waals surface area contributed by atoms with Gasteiger partial charge < -0.3 is 14.5 Å². The van der Waals surface area contributed by atoms with Crippen LogP contribution in [-0.4, -0.2) is 45.1 Å². The van der Waals surface area contributed by atoms with Crippen molar-refractivity contribution in [3.63, 3.8) is 0 Å². The van der Waals surface area contributed by atoms with Crippen LogP contribution in [0, 0.1) is 11.3 Å². The molecular formula is C14H19N3O2. The van der Waals surface area contributed by atoms with Gasteiger partial charge in [0, 0.05) is 26.3 Å². The first-order valence-corrected chi connectivity index (χ1v) is 6.04. The fourth-order valence-electron chi connectivity index (χ4n) is 1.59. The lowest BCUT2D eigenvalue weighted by molar-refractivity contribution is -0.128. The molecule has 1 aromatic rings. The van der Waals surface area contributed by atoms with E-state index in [1.165, 1.54) is 0 Å². The van der Waals surface area contributed by atoms with Crippen LogP contribution in [0.25, 0.3) is 0 Å². The summed E-state index contributed by atoms with van der Waals surface area (Å²) in [5, 5.41) is 8.50. The van der Waals surface area contributed by atoms with Gasteiger partial charge in [-0.05, 0) is 24.3 Å². The number of nitriles is 1. The predicted octanol–water partition coefficient (Wildman–Crippen LogP) is 1.50. The van der Waals surface area contributed by atoms with Gasteiger partial charge in [-0.2, -0.15) is 5.26 Å². The number of hydrogen-bond donors (Lipinski definition) is 0. The number of nitrogens with zero attached hydrogens (tertiary/aromatic N) is 3. The Bertz CT molecular complexity index is 451. The predicted molar refractivity (Wildman–Crippen MR) is 74.1 cm³/mol. The molecule has 5 nitrogen and oxygen atoms in total. The van der Waals surface area contributed by atoms with Crippen LogP contribution in [0.4, 0.5) is 5.69 Å². The molecule has 0 atom stereocenters. The van der Waals surface area contributed by atoms with Gasteiger partial charge in [0.2, 0.25) is 5.91 Å². The van der Waals surface area contributed by atoms with E-state index in [0.717, 1.165) is 11.4 Å². The number of methoxy groups -OCH3 is 1. The minimum atomic E-state index is -0.00596. The lowest BCUT2D eigenvalue weighted by Crippen LogP contribution is -2.37. The quantitative estimate of drug-likeness (QED) is 0.778. The third-order valence-electron chi connectivity index (χ3n) is 2.87. The van der Waals surface area contributed by atoms with Gasteiger partial charge >= 0.3 is 0 Å². The summed E-state index contributed by atoms with van der Waals surface area (Å²) in [4.78, 5) is 15.3. The van der Waals surface area contributed by atoms with Crippen LogP contribution in [0.2, 0.25) is 0 Å². The lowest BCUT2D eigenvalue weighted by atomic mass is 10.2. The van der Waals surface area contributed by atoms with E-state index in [4.69, 9.17) is 10.00 Å². The second-order valence-electron chi connectivity index (χ2n) is 4.28. The maximum atomic E-state index is 11.9. The minimum Gasteiger partial charge on any atom is -0.497 e. The second kappa shape index (κ2) is 7.27. The molecule has 0 fully saturated rings. The number of anilines is 1. The molecule has 19 heavy (non-hydrogen) atoms. The highest BCUT2D eigenvalue weighted by atomic mass is 16.5. The molecule has 0 aromatic heterocycles. The third kappa shape index (κ3) is 4.51. The topological polar surface area (TPSA) is 56.6 Å². The van der Waals surface area contributed by atoms with Crippen molar-refractivity contribution in [2.75, 3.05) is 39.2 Å². The average Bonchev–Trinajstić information content (AvgIpc) is 2.44. The molecule has 0 heterocycles. The number of rotatable bonds is 6. The molecule has 1 aromatic carbocycles. The Labute approximate surface area is 114 Å². The Morgan fingerprint density at radius 3 is 2.47 bits per heavy atom. The van der Waals surface area contributed by atoms with E-state index < -0.39 is 0 Å². The Morgan fingerprint density at radius 1 is 1.32 bits per heavy atom. The van der Waals surface area contributed by atoms with Crippen LogP contribution in [0.5, 0.6) is 5.75 Å². The Morgan fingerprint density at radius 2 is 1.95 bits per heavy atom. The minimum absolute atomic E-state index is 0.00596. The largest absolute Gasteiger partial charge is 0.497 e. The fourth-order valence-corrected chi connectivity index (χ4v) is 1.59. The molecule has 0 spiro atoms. The van der Waals surface area contributed by atoms with Gasteiger partial charge in [-0.15, -0.1) is 0 Å². The summed E-state index contributed by atoms with van der Waals surface area (Å²) in [6.45, 7) is 0.750. The van der Waals surface area contributed by atoms with Crippen molar-refractivity contribution in [3.8, 4) is 11.8 Å². The van der Waals surface area contributed by atoms with E-state index in [0.29, 0.717) is 13.0 Å². The molecule has 5 heteroatoms. The number of carbonyl (C=O) groups is 1. The summed E-state index contributed by atoms with van der Waals surface area (Å²) in [5.41, 5.74) is 0.947. The molecule has 102 valence electrons. The number of benzene rings is 1. The number of amides is 1. The molecule has 0 unspecified atom stereocenters. The van der Waals surface area contributed by atoms with Gasteiger partial charge in [0.25, 0.3) is 0 Å². The normalized spacial score (nSPS) is 9.58. The van der Waals surface area contributed by atoms with E-state index in [1.807, 2.05) is 42.3 Å². The molecule has 0 saturated carbocycles. The molecule has 0 aliphatic heterocycles. The maximum absolute atomic E-state index is 11.9. The smallest absolute Gasteiger partial charge is 0.241 e. The van der Waals surface area contributed by atoms with Gasteiger partial charge in [0.1, 0.15) is 5.75 Å². The molecule has 0 aliphatic carbocycles. The van der Waals surface area contributed by atoms with Crippen LogP contribution in [-0.2, 0) is 4.79 Å². The summed E-state index contributed by atoms with van der Waals surface area (Å²) in [6, 6.07) is 9.55. The van der Waals surface area contributed by atoms with E-state index in [2.05, 4.69) is 0 Å². The average molecular weight is 261 g/mol. The first kappa shape index (κ1) is 14.8. The van der Waals surface area contributed by atoms with E-state index in [1.54, 1.807) is 19.1 Å². The van der Waals surface area contributed by atoms with Crippen LogP contribution >= 0.6 is 0 Å². The SMILES string of the molecule is COc1ccc(N(C)CC(=O)N(C)CCC#N)cc1. The van der Waals surface area contributed by atoms with Crippen LogP contribution in [0.15, 0.2) is 24.3 Å². The van der Waals surface area contributed by atoms with Gasteiger partial charge in [-0.1, -0.05) is 0 Å². The molecular weight excluding hydrogens is 242 g/mol. The van der Waals surface area contributed by atoms with Gasteiger partial charge in [0.15, 0.2) is 0 Å². The zero-order chi connectivity index (χ0) is 14.3. The molecule has 1 amide bonds. The summed E-state index contributed by atoms with van der Waals surface area (Å²) >= 11 is 0. The third-order valence-corrected chi connectivity index (χ3v) is 2.87. The Kier molecular flexibility index (Phi) is 5.68. The summed E-state index contributed by atoms with van der Waals surface area (Å²) in [7, 11) is 5.19. The molecule has 0 saturated heterocycles. The standard InChI is InChI=1S/C14H19N3O2/c1-16(10-4-9-15)14(18)11-17(2)12-5-7-13(19-3)8-6-12/h5-8H,4,10-11H2,1-3H3. The van der Waals surface area contributed by atoms with Crippen molar-refractivity contribution in [1.29, 1.82) is 5.26 Å².